The van der Waals surface area contributed by atoms with E-state index in [1.807, 2.05) is 0 Å². The van der Waals surface area contributed by atoms with Gasteiger partial charge in [0, 0.05) is 12.4 Å². The number of carbonyl (C=O) groups is 2. The molecule has 2 rings (SSSR count). The van der Waals surface area contributed by atoms with Crippen LogP contribution in [-0.4, -0.2) is 21.8 Å². The molecule has 0 bridgehead atoms. The van der Waals surface area contributed by atoms with E-state index in [2.05, 4.69) is 20.6 Å². The molecule has 2 aromatic rings. The lowest BCUT2D eigenvalue weighted by Gasteiger charge is -2.11. The molecule has 2 amide bonds. The largest absolute Gasteiger partial charge is 0.323 e. The fourth-order valence-electron chi connectivity index (χ4n) is 1.57. The molecule has 0 fully saturated rings. The van der Waals surface area contributed by atoms with Gasteiger partial charge in [0.2, 0.25) is 5.91 Å². The fourth-order valence-corrected chi connectivity index (χ4v) is 1.57. The van der Waals surface area contributed by atoms with Crippen molar-refractivity contribution < 1.29 is 9.59 Å². The quantitative estimate of drug-likeness (QED) is 0.884. The molecule has 2 N–H and O–H groups in total. The Morgan fingerprint density at radius 3 is 2.48 bits per heavy atom. The SMILES string of the molecule is N#CCC(=O)Nc1ccccc1NC(=O)c1cnccn1. The molecule has 0 radical (unpaired) electrons. The zero-order chi connectivity index (χ0) is 15.1. The van der Waals surface area contributed by atoms with Crippen LogP contribution >= 0.6 is 0 Å². The Morgan fingerprint density at radius 2 is 1.86 bits per heavy atom. The predicted octanol–water partition coefficient (Wildman–Crippen LogP) is 1.58. The second-order valence-corrected chi connectivity index (χ2v) is 3.97. The van der Waals surface area contributed by atoms with Crippen molar-refractivity contribution in [2.75, 3.05) is 10.6 Å². The molecule has 0 unspecified atom stereocenters. The molecule has 104 valence electrons. The number of hydrogen-bond donors (Lipinski definition) is 2. The summed E-state index contributed by atoms with van der Waals surface area (Å²) in [5.74, 6) is -0.885. The number of amides is 2. The molecule has 1 heterocycles. The highest BCUT2D eigenvalue weighted by Crippen LogP contribution is 2.21. The summed E-state index contributed by atoms with van der Waals surface area (Å²) in [6, 6.07) is 8.44. The average molecular weight is 281 g/mol. The minimum atomic E-state index is -0.446. The summed E-state index contributed by atoms with van der Waals surface area (Å²) in [5, 5.41) is 13.7. The lowest BCUT2D eigenvalue weighted by molar-refractivity contribution is -0.115. The van der Waals surface area contributed by atoms with E-state index in [-0.39, 0.29) is 12.1 Å². The normalized spacial score (nSPS) is 9.48. The minimum absolute atomic E-state index is 0.163. The van der Waals surface area contributed by atoms with E-state index in [1.54, 1.807) is 30.3 Å². The van der Waals surface area contributed by atoms with Crippen molar-refractivity contribution in [3.05, 3.63) is 48.5 Å². The van der Waals surface area contributed by atoms with Gasteiger partial charge in [0.25, 0.3) is 5.91 Å². The Hall–Kier alpha value is -3.27. The van der Waals surface area contributed by atoms with E-state index in [0.29, 0.717) is 11.4 Å². The molecule has 0 aliphatic carbocycles. The summed E-state index contributed by atoms with van der Waals surface area (Å²) in [7, 11) is 0. The van der Waals surface area contributed by atoms with Crippen LogP contribution in [-0.2, 0) is 4.79 Å². The molecule has 7 nitrogen and oxygen atoms in total. The second kappa shape index (κ2) is 6.77. The Balaban J connectivity index is 2.15. The summed E-state index contributed by atoms with van der Waals surface area (Å²) in [6.45, 7) is 0. The molecule has 0 atom stereocenters. The van der Waals surface area contributed by atoms with Gasteiger partial charge in [0.1, 0.15) is 12.1 Å². The van der Waals surface area contributed by atoms with Crippen LogP contribution in [0.2, 0.25) is 0 Å². The van der Waals surface area contributed by atoms with Gasteiger partial charge in [-0.15, -0.1) is 0 Å². The summed E-state index contributed by atoms with van der Waals surface area (Å²) in [6.07, 6.45) is 3.96. The van der Waals surface area contributed by atoms with Gasteiger partial charge in [-0.25, -0.2) is 4.98 Å². The van der Waals surface area contributed by atoms with E-state index >= 15 is 0 Å². The fraction of sp³-hybridized carbons (Fsp3) is 0.0714. The number of hydrogen-bond acceptors (Lipinski definition) is 5. The van der Waals surface area contributed by atoms with Crippen molar-refractivity contribution in [1.82, 2.24) is 9.97 Å². The molecule has 0 spiro atoms. The van der Waals surface area contributed by atoms with Crippen LogP contribution in [0.5, 0.6) is 0 Å². The highest BCUT2D eigenvalue weighted by atomic mass is 16.2. The Labute approximate surface area is 120 Å². The van der Waals surface area contributed by atoms with Gasteiger partial charge < -0.3 is 10.6 Å². The molecule has 0 saturated carbocycles. The van der Waals surface area contributed by atoms with Crippen molar-refractivity contribution in [2.24, 2.45) is 0 Å². The number of nitriles is 1. The topological polar surface area (TPSA) is 108 Å². The van der Waals surface area contributed by atoms with Crippen LogP contribution in [0, 0.1) is 11.3 Å². The smallest absolute Gasteiger partial charge is 0.275 e. The molecule has 0 saturated heterocycles. The lowest BCUT2D eigenvalue weighted by Crippen LogP contribution is -2.17. The number of anilines is 2. The van der Waals surface area contributed by atoms with Crippen LogP contribution in [0.1, 0.15) is 16.9 Å². The zero-order valence-electron chi connectivity index (χ0n) is 10.9. The van der Waals surface area contributed by atoms with Crippen molar-refractivity contribution in [3.63, 3.8) is 0 Å². The van der Waals surface area contributed by atoms with Gasteiger partial charge in [-0.1, -0.05) is 12.1 Å². The number of rotatable bonds is 4. The van der Waals surface area contributed by atoms with Gasteiger partial charge >= 0.3 is 0 Å². The molecule has 21 heavy (non-hydrogen) atoms. The standard InChI is InChI=1S/C14H11N5O2/c15-6-5-13(20)18-10-3-1-2-4-11(10)19-14(21)12-9-16-7-8-17-12/h1-4,7-9H,5H2,(H,18,20)(H,19,21). The molecular weight excluding hydrogens is 270 g/mol. The van der Waals surface area contributed by atoms with Crippen LogP contribution < -0.4 is 10.6 Å². The molecule has 0 aliphatic heterocycles. The Kier molecular flexibility index (Phi) is 4.56. The van der Waals surface area contributed by atoms with Crippen molar-refractivity contribution in [3.8, 4) is 6.07 Å². The van der Waals surface area contributed by atoms with Crippen LogP contribution in [0.25, 0.3) is 0 Å². The monoisotopic (exact) mass is 281 g/mol. The highest BCUT2D eigenvalue weighted by Gasteiger charge is 2.11. The molecule has 1 aromatic heterocycles. The number of aromatic nitrogens is 2. The van der Waals surface area contributed by atoms with E-state index in [9.17, 15) is 9.59 Å². The lowest BCUT2D eigenvalue weighted by atomic mass is 10.2. The molecule has 1 aromatic carbocycles. The van der Waals surface area contributed by atoms with Gasteiger partial charge in [0.15, 0.2) is 0 Å². The third-order valence-electron chi connectivity index (χ3n) is 2.48. The predicted molar refractivity (Wildman–Crippen MR) is 75.3 cm³/mol. The number of nitrogens with zero attached hydrogens (tertiary/aromatic N) is 3. The van der Waals surface area contributed by atoms with Crippen LogP contribution in [0.3, 0.4) is 0 Å². The molecular formula is C14H11N5O2. The summed E-state index contributed by atoms with van der Waals surface area (Å²) in [4.78, 5) is 31.2. The van der Waals surface area contributed by atoms with Gasteiger partial charge in [-0.2, -0.15) is 5.26 Å². The minimum Gasteiger partial charge on any atom is -0.323 e. The van der Waals surface area contributed by atoms with Gasteiger partial charge in [0.05, 0.1) is 23.6 Å². The maximum Gasteiger partial charge on any atom is 0.275 e. The first-order valence-corrected chi connectivity index (χ1v) is 6.04. The Bertz CT molecular complexity index is 694. The number of para-hydroxylation sites is 2. The third kappa shape index (κ3) is 3.84. The van der Waals surface area contributed by atoms with Crippen molar-refractivity contribution in [1.29, 1.82) is 5.26 Å². The maximum absolute atomic E-state index is 12.0. The van der Waals surface area contributed by atoms with E-state index in [0.717, 1.165) is 0 Å². The molecule has 7 heteroatoms. The van der Waals surface area contributed by atoms with E-state index < -0.39 is 11.8 Å². The average Bonchev–Trinajstić information content (AvgIpc) is 2.50. The number of benzene rings is 1. The zero-order valence-corrected chi connectivity index (χ0v) is 10.9. The first-order valence-electron chi connectivity index (χ1n) is 6.04. The summed E-state index contributed by atoms with van der Waals surface area (Å²) < 4.78 is 0. The summed E-state index contributed by atoms with van der Waals surface area (Å²) >= 11 is 0. The first-order chi connectivity index (χ1) is 10.2. The Morgan fingerprint density at radius 1 is 1.14 bits per heavy atom. The van der Waals surface area contributed by atoms with E-state index in [4.69, 9.17) is 5.26 Å². The van der Waals surface area contributed by atoms with Gasteiger partial charge in [-0.3, -0.25) is 14.6 Å². The molecule has 0 aliphatic rings. The van der Waals surface area contributed by atoms with Crippen molar-refractivity contribution in [2.45, 2.75) is 6.42 Å². The van der Waals surface area contributed by atoms with Crippen LogP contribution in [0.4, 0.5) is 11.4 Å². The summed E-state index contributed by atoms with van der Waals surface area (Å²) in [5.41, 5.74) is 0.991. The first kappa shape index (κ1) is 14.1. The van der Waals surface area contributed by atoms with Gasteiger partial charge in [-0.05, 0) is 12.1 Å². The highest BCUT2D eigenvalue weighted by molar-refractivity contribution is 6.06. The van der Waals surface area contributed by atoms with E-state index in [1.165, 1.54) is 18.6 Å². The van der Waals surface area contributed by atoms with Crippen molar-refractivity contribution >= 4 is 23.2 Å². The third-order valence-corrected chi connectivity index (χ3v) is 2.48. The number of nitrogens with one attached hydrogen (secondary N) is 2. The maximum atomic E-state index is 12.0. The number of carbonyl (C=O) groups excluding carboxylic acids is 2. The van der Waals surface area contributed by atoms with Crippen LogP contribution in [0.15, 0.2) is 42.9 Å². The second-order valence-electron chi connectivity index (χ2n) is 3.97.